The van der Waals surface area contributed by atoms with Crippen molar-refractivity contribution in [2.45, 2.75) is 19.9 Å². The lowest BCUT2D eigenvalue weighted by atomic mass is 10.2. The van der Waals surface area contributed by atoms with Crippen LogP contribution in [-0.2, 0) is 6.54 Å². The Labute approximate surface area is 191 Å². The van der Waals surface area contributed by atoms with Gasteiger partial charge in [0.05, 0.1) is 17.1 Å². The van der Waals surface area contributed by atoms with Crippen molar-refractivity contribution in [2.24, 2.45) is 0 Å². The maximum atomic E-state index is 13.2. The molecule has 1 aromatic heterocycles. The third-order valence-corrected chi connectivity index (χ3v) is 5.07. The molecule has 0 saturated carbocycles. The number of ether oxygens (including phenoxy) is 1. The van der Waals surface area contributed by atoms with Crippen molar-refractivity contribution in [3.8, 4) is 23.0 Å². The maximum absolute atomic E-state index is 13.2. The van der Waals surface area contributed by atoms with Gasteiger partial charge in [0.1, 0.15) is 11.5 Å². The van der Waals surface area contributed by atoms with Gasteiger partial charge >= 0.3 is 0 Å². The van der Waals surface area contributed by atoms with Crippen LogP contribution in [0.25, 0.3) is 11.5 Å². The minimum Gasteiger partial charge on any atom is -0.457 e. The van der Waals surface area contributed by atoms with E-state index in [2.05, 4.69) is 10.2 Å². The highest BCUT2D eigenvalue weighted by atomic mass is 35.5. The van der Waals surface area contributed by atoms with Crippen LogP contribution in [0.2, 0.25) is 5.02 Å². The van der Waals surface area contributed by atoms with Gasteiger partial charge in [0.15, 0.2) is 0 Å². The molecule has 4 aromatic rings. The van der Waals surface area contributed by atoms with Crippen LogP contribution in [0.5, 0.6) is 11.5 Å². The van der Waals surface area contributed by atoms with Crippen LogP contribution in [0, 0.1) is 0 Å². The van der Waals surface area contributed by atoms with Crippen molar-refractivity contribution < 1.29 is 13.9 Å². The zero-order chi connectivity index (χ0) is 22.3. The molecule has 0 aliphatic rings. The molecule has 7 heteroatoms. The summed E-state index contributed by atoms with van der Waals surface area (Å²) >= 11 is 6.22. The second kappa shape index (κ2) is 10.1. The molecule has 0 fully saturated rings. The average molecular weight is 448 g/mol. The highest BCUT2D eigenvalue weighted by Crippen LogP contribution is 2.27. The van der Waals surface area contributed by atoms with E-state index in [4.69, 9.17) is 20.8 Å². The molecule has 6 nitrogen and oxygen atoms in total. The van der Waals surface area contributed by atoms with E-state index < -0.39 is 0 Å². The monoisotopic (exact) mass is 447 g/mol. The number of carbonyl (C=O) groups is 1. The Morgan fingerprint density at radius 2 is 1.72 bits per heavy atom. The van der Waals surface area contributed by atoms with E-state index in [-0.39, 0.29) is 12.5 Å². The topological polar surface area (TPSA) is 68.5 Å². The number of rotatable bonds is 8. The Balaban J connectivity index is 1.51. The fourth-order valence-electron chi connectivity index (χ4n) is 3.25. The molecule has 0 aliphatic carbocycles. The molecule has 0 spiro atoms. The Morgan fingerprint density at radius 1 is 0.969 bits per heavy atom. The quantitative estimate of drug-likeness (QED) is 0.320. The first-order valence-electron chi connectivity index (χ1n) is 10.3. The Hall–Kier alpha value is -3.64. The molecule has 3 aromatic carbocycles. The van der Waals surface area contributed by atoms with Gasteiger partial charge in [-0.2, -0.15) is 0 Å². The molecule has 0 saturated heterocycles. The summed E-state index contributed by atoms with van der Waals surface area (Å²) in [4.78, 5) is 14.9. The largest absolute Gasteiger partial charge is 0.457 e. The zero-order valence-electron chi connectivity index (χ0n) is 17.6. The van der Waals surface area contributed by atoms with Crippen molar-refractivity contribution in [3.05, 3.63) is 95.3 Å². The molecule has 0 unspecified atom stereocenters. The van der Waals surface area contributed by atoms with Crippen LogP contribution >= 0.6 is 11.6 Å². The summed E-state index contributed by atoms with van der Waals surface area (Å²) in [5.41, 5.74) is 1.18. The van der Waals surface area contributed by atoms with E-state index in [1.165, 1.54) is 0 Å². The number of amides is 1. The summed E-state index contributed by atoms with van der Waals surface area (Å²) in [7, 11) is 0. The molecule has 1 heterocycles. The van der Waals surface area contributed by atoms with Crippen LogP contribution < -0.4 is 4.74 Å². The first kappa shape index (κ1) is 21.6. The van der Waals surface area contributed by atoms with Crippen molar-refractivity contribution in [1.82, 2.24) is 15.1 Å². The lowest BCUT2D eigenvalue weighted by molar-refractivity contribution is 0.0728. The van der Waals surface area contributed by atoms with Gasteiger partial charge < -0.3 is 14.1 Å². The number of carbonyl (C=O) groups excluding carboxylic acids is 1. The SMILES string of the molecule is CCCN(Cc1nnc(-c2ccccc2Cl)o1)C(=O)c1cccc(Oc2ccccc2)c1. The number of nitrogens with zero attached hydrogens (tertiary/aromatic N) is 3. The predicted octanol–water partition coefficient (Wildman–Crippen LogP) is 6.23. The second-order valence-corrected chi connectivity index (χ2v) is 7.56. The smallest absolute Gasteiger partial charge is 0.254 e. The first-order valence-corrected chi connectivity index (χ1v) is 10.7. The third-order valence-electron chi connectivity index (χ3n) is 4.74. The summed E-state index contributed by atoms with van der Waals surface area (Å²) in [6, 6.07) is 23.8. The van der Waals surface area contributed by atoms with E-state index in [0.717, 1.165) is 6.42 Å². The van der Waals surface area contributed by atoms with Gasteiger partial charge in [-0.15, -0.1) is 10.2 Å². The fourth-order valence-corrected chi connectivity index (χ4v) is 3.46. The van der Waals surface area contributed by atoms with Gasteiger partial charge in [0, 0.05) is 12.1 Å². The van der Waals surface area contributed by atoms with Gasteiger partial charge in [0.25, 0.3) is 5.91 Å². The minimum atomic E-state index is -0.136. The van der Waals surface area contributed by atoms with Crippen molar-refractivity contribution in [2.75, 3.05) is 6.54 Å². The number of hydrogen-bond acceptors (Lipinski definition) is 5. The van der Waals surface area contributed by atoms with Crippen LogP contribution in [0.4, 0.5) is 0 Å². The number of benzene rings is 3. The molecule has 4 rings (SSSR count). The Kier molecular flexibility index (Phi) is 6.82. The van der Waals surface area contributed by atoms with Gasteiger partial charge in [0.2, 0.25) is 11.8 Å². The van der Waals surface area contributed by atoms with E-state index >= 15 is 0 Å². The van der Waals surface area contributed by atoms with Gasteiger partial charge in [-0.25, -0.2) is 0 Å². The zero-order valence-corrected chi connectivity index (χ0v) is 18.3. The summed E-state index contributed by atoms with van der Waals surface area (Å²) < 4.78 is 11.7. The van der Waals surface area contributed by atoms with Crippen LogP contribution in [0.15, 0.2) is 83.3 Å². The van der Waals surface area contributed by atoms with E-state index in [1.807, 2.05) is 61.5 Å². The van der Waals surface area contributed by atoms with Crippen LogP contribution in [0.3, 0.4) is 0 Å². The highest BCUT2D eigenvalue weighted by Gasteiger charge is 2.20. The molecule has 0 bridgehead atoms. The highest BCUT2D eigenvalue weighted by molar-refractivity contribution is 6.33. The van der Waals surface area contributed by atoms with Crippen molar-refractivity contribution in [3.63, 3.8) is 0 Å². The van der Waals surface area contributed by atoms with Crippen molar-refractivity contribution in [1.29, 1.82) is 0 Å². The maximum Gasteiger partial charge on any atom is 0.254 e. The molecule has 32 heavy (non-hydrogen) atoms. The number of halogens is 1. The summed E-state index contributed by atoms with van der Waals surface area (Å²) in [5.74, 6) is 1.84. The molecule has 1 amide bonds. The van der Waals surface area contributed by atoms with Gasteiger partial charge in [-0.1, -0.05) is 54.9 Å². The number of para-hydroxylation sites is 1. The van der Waals surface area contributed by atoms with Gasteiger partial charge in [-0.3, -0.25) is 4.79 Å². The molecule has 0 atom stereocenters. The Bertz CT molecular complexity index is 1190. The van der Waals surface area contributed by atoms with E-state index in [1.54, 1.807) is 29.2 Å². The van der Waals surface area contributed by atoms with E-state index in [9.17, 15) is 4.79 Å². The second-order valence-electron chi connectivity index (χ2n) is 7.15. The van der Waals surface area contributed by atoms with Crippen LogP contribution in [0.1, 0.15) is 29.6 Å². The fraction of sp³-hybridized carbons (Fsp3) is 0.160. The average Bonchev–Trinajstić information content (AvgIpc) is 3.28. The van der Waals surface area contributed by atoms with Gasteiger partial charge in [-0.05, 0) is 48.9 Å². The summed E-state index contributed by atoms with van der Waals surface area (Å²) in [6.45, 7) is 2.76. The third kappa shape index (κ3) is 5.15. The van der Waals surface area contributed by atoms with E-state index in [0.29, 0.717) is 46.0 Å². The molecular weight excluding hydrogens is 426 g/mol. The molecule has 0 N–H and O–H groups in total. The summed E-state index contributed by atoms with van der Waals surface area (Å²) in [6.07, 6.45) is 0.789. The molecule has 162 valence electrons. The Morgan fingerprint density at radius 3 is 2.50 bits per heavy atom. The number of hydrogen-bond donors (Lipinski definition) is 0. The van der Waals surface area contributed by atoms with Crippen LogP contribution in [-0.4, -0.2) is 27.5 Å². The first-order chi connectivity index (χ1) is 15.6. The molecular formula is C25H22ClN3O3. The van der Waals surface area contributed by atoms with Crippen molar-refractivity contribution >= 4 is 17.5 Å². The predicted molar refractivity (Wildman–Crippen MR) is 123 cm³/mol. The lowest BCUT2D eigenvalue weighted by Crippen LogP contribution is -2.31. The molecule has 0 aliphatic heterocycles. The summed E-state index contributed by atoms with van der Waals surface area (Å²) in [5, 5.41) is 8.73. The lowest BCUT2D eigenvalue weighted by Gasteiger charge is -2.20. The normalized spacial score (nSPS) is 10.7. The number of aromatic nitrogens is 2. The molecule has 0 radical (unpaired) electrons. The standard InChI is InChI=1S/C25H22ClN3O3/c1-2-15-29(17-23-27-28-24(32-23)21-13-6-7-14-22(21)26)25(30)18-9-8-12-20(16-18)31-19-10-4-3-5-11-19/h3-14,16H,2,15,17H2,1H3. The minimum absolute atomic E-state index is 0.136.